The van der Waals surface area contributed by atoms with Crippen LogP contribution in [0.2, 0.25) is 0 Å². The van der Waals surface area contributed by atoms with Crippen molar-refractivity contribution in [2.24, 2.45) is 11.8 Å². The van der Waals surface area contributed by atoms with Crippen LogP contribution < -0.4 is 0 Å². The van der Waals surface area contributed by atoms with Gasteiger partial charge >= 0.3 is 0 Å². The predicted octanol–water partition coefficient (Wildman–Crippen LogP) is 2.70. The van der Waals surface area contributed by atoms with Crippen LogP contribution in [0.5, 0.6) is 0 Å². The van der Waals surface area contributed by atoms with E-state index in [0.717, 1.165) is 50.8 Å². The Bertz CT molecular complexity index is 438. The van der Waals surface area contributed by atoms with Crippen LogP contribution in [0.3, 0.4) is 0 Å². The molecule has 3 aliphatic rings. The zero-order valence-electron chi connectivity index (χ0n) is 11.8. The maximum Gasteiger partial charge on any atom is 0.222 e. The zero-order chi connectivity index (χ0) is 13.4. The van der Waals surface area contributed by atoms with Gasteiger partial charge in [-0.15, -0.1) is 0 Å². The van der Waals surface area contributed by atoms with Gasteiger partial charge in [0.25, 0.3) is 0 Å². The van der Waals surface area contributed by atoms with Gasteiger partial charge in [-0.3, -0.25) is 9.59 Å². The molecule has 1 fully saturated rings. The first-order valence-electron chi connectivity index (χ1n) is 7.68. The third-order valence-corrected chi connectivity index (χ3v) is 4.94. The summed E-state index contributed by atoms with van der Waals surface area (Å²) in [7, 11) is 0. The molecule has 2 atom stereocenters. The number of rotatable bonds is 0. The second-order valence-electron chi connectivity index (χ2n) is 6.46. The van der Waals surface area contributed by atoms with Crippen LogP contribution >= 0.6 is 0 Å². The summed E-state index contributed by atoms with van der Waals surface area (Å²) in [5, 5.41) is 0. The Morgan fingerprint density at radius 1 is 1.05 bits per heavy atom. The van der Waals surface area contributed by atoms with E-state index in [-0.39, 0.29) is 0 Å². The lowest BCUT2D eigenvalue weighted by Gasteiger charge is -2.27. The molecular weight excluding hydrogens is 238 g/mol. The van der Waals surface area contributed by atoms with Gasteiger partial charge in [-0.2, -0.15) is 0 Å². The van der Waals surface area contributed by atoms with E-state index in [1.165, 1.54) is 5.57 Å². The highest BCUT2D eigenvalue weighted by Gasteiger charge is 2.34. The molecule has 0 saturated carbocycles. The average Bonchev–Trinajstić information content (AvgIpc) is 2.67. The maximum atomic E-state index is 12.3. The van der Waals surface area contributed by atoms with Gasteiger partial charge in [-0.1, -0.05) is 12.5 Å². The number of nitrogens with zero attached hydrogens (tertiary/aromatic N) is 1. The van der Waals surface area contributed by atoms with Crippen LogP contribution in [0.15, 0.2) is 11.1 Å². The minimum absolute atomic E-state index is 0.324. The fourth-order valence-electron chi connectivity index (χ4n) is 4.04. The highest BCUT2D eigenvalue weighted by atomic mass is 16.2. The average molecular weight is 261 g/mol. The van der Waals surface area contributed by atoms with Crippen molar-refractivity contribution in [3.05, 3.63) is 11.1 Å². The number of ketones is 1. The number of hydrogen-bond acceptors (Lipinski definition) is 2. The summed E-state index contributed by atoms with van der Waals surface area (Å²) in [5.41, 5.74) is 2.58. The number of hydrogen-bond donors (Lipinski definition) is 0. The van der Waals surface area contributed by atoms with E-state index in [4.69, 9.17) is 0 Å². The molecule has 0 unspecified atom stereocenters. The first kappa shape index (κ1) is 12.9. The van der Waals surface area contributed by atoms with E-state index < -0.39 is 0 Å². The standard InChI is InChI=1S/C16H23NO2/c1-11-8-12-10-15(18)14-5-3-7-17(16(19)9-11)6-2-4-13(12)14/h11-12H,2-10H2,1H3/t11-,12+/m1/s1. The van der Waals surface area contributed by atoms with Crippen molar-refractivity contribution >= 4 is 11.7 Å². The summed E-state index contributed by atoms with van der Waals surface area (Å²) in [5.74, 6) is 1.56. The minimum Gasteiger partial charge on any atom is -0.343 e. The molecule has 0 aromatic rings. The summed E-state index contributed by atoms with van der Waals surface area (Å²) in [6, 6.07) is 0. The Morgan fingerprint density at radius 3 is 2.58 bits per heavy atom. The van der Waals surface area contributed by atoms with E-state index in [9.17, 15) is 9.59 Å². The van der Waals surface area contributed by atoms with Gasteiger partial charge in [-0.25, -0.2) is 0 Å². The molecule has 0 N–H and O–H groups in total. The molecular formula is C16H23NO2. The number of allylic oxidation sites excluding steroid dienone is 2. The van der Waals surface area contributed by atoms with Gasteiger partial charge in [0.15, 0.2) is 5.78 Å². The van der Waals surface area contributed by atoms with Crippen molar-refractivity contribution in [1.82, 2.24) is 4.90 Å². The fourth-order valence-corrected chi connectivity index (χ4v) is 4.04. The van der Waals surface area contributed by atoms with Crippen molar-refractivity contribution in [1.29, 1.82) is 0 Å². The molecule has 0 aromatic heterocycles. The molecule has 0 aromatic carbocycles. The van der Waals surface area contributed by atoms with Gasteiger partial charge < -0.3 is 4.90 Å². The SMILES string of the molecule is C[C@H]1CC(=O)N2CCCC3=C(CCC2)[C@H](CC3=O)C1. The summed E-state index contributed by atoms with van der Waals surface area (Å²) >= 11 is 0. The summed E-state index contributed by atoms with van der Waals surface area (Å²) in [6.45, 7) is 3.87. The molecule has 1 aliphatic carbocycles. The Hall–Kier alpha value is -1.12. The quantitative estimate of drug-likeness (QED) is 0.672. The third kappa shape index (κ3) is 2.47. The van der Waals surface area contributed by atoms with Crippen molar-refractivity contribution < 1.29 is 9.59 Å². The molecule has 104 valence electrons. The van der Waals surface area contributed by atoms with Crippen molar-refractivity contribution in [2.75, 3.05) is 13.1 Å². The lowest BCUT2D eigenvalue weighted by atomic mass is 9.86. The smallest absolute Gasteiger partial charge is 0.222 e. The molecule has 1 saturated heterocycles. The van der Waals surface area contributed by atoms with Gasteiger partial charge in [0.1, 0.15) is 0 Å². The number of carbonyl (C=O) groups is 2. The van der Waals surface area contributed by atoms with Crippen LogP contribution in [0.1, 0.15) is 51.9 Å². The predicted molar refractivity (Wildman–Crippen MR) is 73.6 cm³/mol. The first-order chi connectivity index (χ1) is 9.15. The van der Waals surface area contributed by atoms with E-state index in [1.54, 1.807) is 0 Å². The van der Waals surface area contributed by atoms with Gasteiger partial charge in [0.2, 0.25) is 5.91 Å². The van der Waals surface area contributed by atoms with Crippen LogP contribution in [-0.4, -0.2) is 29.7 Å². The minimum atomic E-state index is 0.324. The Balaban J connectivity index is 1.95. The topological polar surface area (TPSA) is 37.4 Å². The molecule has 19 heavy (non-hydrogen) atoms. The van der Waals surface area contributed by atoms with Crippen molar-refractivity contribution in [2.45, 2.75) is 51.9 Å². The first-order valence-corrected chi connectivity index (χ1v) is 7.68. The maximum absolute atomic E-state index is 12.3. The fraction of sp³-hybridized carbons (Fsp3) is 0.750. The Morgan fingerprint density at radius 2 is 1.79 bits per heavy atom. The van der Waals surface area contributed by atoms with E-state index in [2.05, 4.69) is 6.92 Å². The van der Waals surface area contributed by atoms with Crippen molar-refractivity contribution in [3.63, 3.8) is 0 Å². The van der Waals surface area contributed by atoms with E-state index in [1.807, 2.05) is 4.90 Å². The monoisotopic (exact) mass is 261 g/mol. The highest BCUT2D eigenvalue weighted by molar-refractivity contribution is 5.99. The van der Waals surface area contributed by atoms with Crippen LogP contribution in [0.25, 0.3) is 0 Å². The largest absolute Gasteiger partial charge is 0.343 e. The molecule has 3 nitrogen and oxygen atoms in total. The summed E-state index contributed by atoms with van der Waals surface area (Å²) in [4.78, 5) is 26.5. The van der Waals surface area contributed by atoms with Crippen molar-refractivity contribution in [3.8, 4) is 0 Å². The highest BCUT2D eigenvalue weighted by Crippen LogP contribution is 2.40. The number of carbonyl (C=O) groups excluding carboxylic acids is 2. The molecule has 0 radical (unpaired) electrons. The number of amides is 1. The van der Waals surface area contributed by atoms with Gasteiger partial charge in [0.05, 0.1) is 0 Å². The van der Waals surface area contributed by atoms with Crippen LogP contribution in [0, 0.1) is 11.8 Å². The Kier molecular flexibility index (Phi) is 3.46. The van der Waals surface area contributed by atoms with Gasteiger partial charge in [-0.05, 0) is 49.5 Å². The second-order valence-corrected chi connectivity index (χ2v) is 6.46. The van der Waals surface area contributed by atoms with E-state index >= 15 is 0 Å². The second kappa shape index (κ2) is 5.10. The molecule has 1 amide bonds. The van der Waals surface area contributed by atoms with Gasteiger partial charge in [0, 0.05) is 25.9 Å². The summed E-state index contributed by atoms with van der Waals surface area (Å²) < 4.78 is 0. The van der Waals surface area contributed by atoms with E-state index in [0.29, 0.717) is 36.4 Å². The molecule has 2 aliphatic heterocycles. The third-order valence-electron chi connectivity index (χ3n) is 4.94. The lowest BCUT2D eigenvalue weighted by molar-refractivity contribution is -0.132. The Labute approximate surface area is 115 Å². The summed E-state index contributed by atoms with van der Waals surface area (Å²) in [6.07, 6.45) is 6.30. The normalized spacial score (nSPS) is 32.6. The van der Waals surface area contributed by atoms with Crippen LogP contribution in [0.4, 0.5) is 0 Å². The number of Topliss-reactive ketones (excluding diaryl/α,β-unsaturated/α-hetero) is 1. The molecule has 2 bridgehead atoms. The molecule has 2 heterocycles. The lowest BCUT2D eigenvalue weighted by Crippen LogP contribution is -2.34. The van der Waals surface area contributed by atoms with Crippen LogP contribution in [-0.2, 0) is 9.59 Å². The molecule has 0 spiro atoms. The zero-order valence-corrected chi connectivity index (χ0v) is 11.8. The molecule has 3 heteroatoms. The number of fused-ring (bicyclic) bond motifs is 3. The molecule has 3 rings (SSSR count).